The molecule has 0 bridgehead atoms. The molecule has 68 heavy (non-hydrogen) atoms. The zero-order valence-corrected chi connectivity index (χ0v) is 31.0. The van der Waals surface area contributed by atoms with Crippen LogP contribution in [0.5, 0.6) is 0 Å². The highest BCUT2D eigenvalue weighted by Gasteiger charge is 2.97. The molecule has 1 aromatic rings. The number of pyridine rings is 1. The lowest BCUT2D eigenvalue weighted by atomic mass is 9.87. The maximum Gasteiger partial charge on any atom is 0.485 e. The summed E-state index contributed by atoms with van der Waals surface area (Å²) in [6.45, 7) is 0. The van der Waals surface area contributed by atoms with Crippen LogP contribution in [-0.2, 0) is 23.0 Å². The summed E-state index contributed by atoms with van der Waals surface area (Å²) in [5.74, 6) is -119. The molecule has 404 valence electrons. The van der Waals surface area contributed by atoms with Crippen LogP contribution >= 0.6 is 0 Å². The van der Waals surface area contributed by atoms with E-state index in [9.17, 15) is 162 Å². The minimum absolute atomic E-state index is 0.166. The first-order valence-electron chi connectivity index (χ1n) is 15.4. The van der Waals surface area contributed by atoms with Crippen LogP contribution in [0.1, 0.15) is 24.2 Å². The van der Waals surface area contributed by atoms with Gasteiger partial charge in [0.05, 0.1) is 0 Å². The summed E-state index contributed by atoms with van der Waals surface area (Å²) < 4.78 is 515. The summed E-state index contributed by atoms with van der Waals surface area (Å²) in [5, 5.41) is 0. The first kappa shape index (κ1) is 64.5. The third-order valence-electron chi connectivity index (χ3n) is 8.19. The molecule has 1 N–H and O–H groups in total. The van der Waals surface area contributed by atoms with Crippen molar-refractivity contribution in [2.24, 2.45) is 0 Å². The van der Waals surface area contributed by atoms with Crippen molar-refractivity contribution in [2.75, 3.05) is 0 Å². The number of aryl methyl sites for hydroxylation is 2. The molecule has 1 aromatic heterocycles. The van der Waals surface area contributed by atoms with Crippen LogP contribution < -0.4 is 4.98 Å². The molecule has 0 unspecified atom stereocenters. The average molecular weight is 1120 g/mol. The van der Waals surface area contributed by atoms with Gasteiger partial charge in [-0.3, -0.25) is 0 Å². The Labute approximate surface area is 347 Å². The van der Waals surface area contributed by atoms with Crippen molar-refractivity contribution in [1.82, 2.24) is 0 Å². The normalized spacial score (nSPS) is 16.1. The van der Waals surface area contributed by atoms with Crippen molar-refractivity contribution in [1.29, 1.82) is 0 Å². The summed E-state index contributed by atoms with van der Waals surface area (Å²) in [7, 11) is -6.09. The van der Waals surface area contributed by atoms with E-state index >= 15 is 0 Å². The maximum absolute atomic E-state index is 14.2. The monoisotopic (exact) mass is 1120 g/mol. The highest BCUT2D eigenvalue weighted by atomic mass is 32.2. The summed E-state index contributed by atoms with van der Waals surface area (Å²) in [6, 6.07) is 0.545. The van der Waals surface area contributed by atoms with Crippen LogP contribution in [0.15, 0.2) is 18.2 Å². The molecular formula is C26H12F37NO3S. The second kappa shape index (κ2) is 17.6. The van der Waals surface area contributed by atoms with E-state index in [-0.39, 0.29) is 18.2 Å². The van der Waals surface area contributed by atoms with E-state index in [0.29, 0.717) is 0 Å². The minimum atomic E-state index is -8.99. The third-order valence-corrected chi connectivity index (χ3v) is 8.76. The van der Waals surface area contributed by atoms with Crippen LogP contribution in [0.4, 0.5) is 162 Å². The largest absolute Gasteiger partial charge is 0.741 e. The van der Waals surface area contributed by atoms with E-state index in [2.05, 4.69) is 0 Å². The number of H-pyrrole nitrogens is 1. The Morgan fingerprint density at radius 2 is 0.515 bits per heavy atom. The fourth-order valence-electron chi connectivity index (χ4n) is 4.15. The number of aromatic nitrogens is 1. The molecule has 0 fully saturated rings. The highest BCUT2D eigenvalue weighted by molar-refractivity contribution is 7.86. The van der Waals surface area contributed by atoms with Crippen LogP contribution in [0.2, 0.25) is 0 Å². The van der Waals surface area contributed by atoms with E-state index < -0.39 is 148 Å². The predicted molar refractivity (Wildman–Crippen MR) is 137 cm³/mol. The van der Waals surface area contributed by atoms with Crippen molar-refractivity contribution in [3.63, 3.8) is 0 Å². The van der Waals surface area contributed by atoms with Crippen molar-refractivity contribution < 1.29 is 180 Å². The molecule has 0 saturated heterocycles. The molecule has 0 atom stereocenters. The van der Waals surface area contributed by atoms with Gasteiger partial charge in [0.25, 0.3) is 0 Å². The van der Waals surface area contributed by atoms with Gasteiger partial charge in [-0.15, -0.1) is 0 Å². The second-order valence-electron chi connectivity index (χ2n) is 12.9. The Kier molecular flexibility index (Phi) is 16.7. The molecule has 0 aliphatic rings. The molecule has 0 amide bonds. The van der Waals surface area contributed by atoms with E-state index in [0.717, 1.165) is 0 Å². The zero-order valence-electron chi connectivity index (χ0n) is 30.2. The first-order valence-corrected chi connectivity index (χ1v) is 16.8. The van der Waals surface area contributed by atoms with Crippen molar-refractivity contribution in [2.45, 2.75) is 126 Å². The van der Waals surface area contributed by atoms with Crippen molar-refractivity contribution >= 4 is 10.1 Å². The molecular weight excluding hydrogens is 1110 g/mol. The molecule has 0 spiro atoms. The Hall–Kier alpha value is -3.53. The summed E-state index contributed by atoms with van der Waals surface area (Å²) in [4.78, 5) is 1.33. The van der Waals surface area contributed by atoms with E-state index in [1.54, 1.807) is 0 Å². The van der Waals surface area contributed by atoms with E-state index in [4.69, 9.17) is 13.0 Å². The highest BCUT2D eigenvalue weighted by Crippen LogP contribution is 2.66. The number of halogens is 37. The van der Waals surface area contributed by atoms with Gasteiger partial charge < -0.3 is 4.55 Å². The fraction of sp³-hybridized carbons (Fsp3) is 0.808. The average Bonchev–Trinajstić information content (AvgIpc) is 3.10. The Morgan fingerprint density at radius 1 is 0.338 bits per heavy atom. The minimum Gasteiger partial charge on any atom is -0.741 e. The zero-order chi connectivity index (χ0) is 55.8. The van der Waals surface area contributed by atoms with Crippen molar-refractivity contribution in [3.8, 4) is 0 Å². The third kappa shape index (κ3) is 10.0. The van der Waals surface area contributed by atoms with Gasteiger partial charge in [0, 0.05) is 37.8 Å². The van der Waals surface area contributed by atoms with Gasteiger partial charge in [-0.2, -0.15) is 162 Å². The lowest BCUT2D eigenvalue weighted by molar-refractivity contribution is -0.462. The Morgan fingerprint density at radius 3 is 0.691 bits per heavy atom. The number of rotatable bonds is 18. The quantitative estimate of drug-likeness (QED) is 0.0835. The SMILES string of the molecule is FC(F)(F)C(F)(F)C(F)(F)C(F)(F)C(F)(F)C(F)(F)C(F)(F)C(F)(F)CCc1cccc(CCC(F)(F)C(F)(F)C(F)(F)C(F)(F)C(F)(F)C(F)(F)C(F)(F)C(F)(F)F)[nH+]1.O=S(=O)([O-])C(F)(F)F. The fourth-order valence-corrected chi connectivity index (χ4v) is 4.15. The maximum atomic E-state index is 14.2. The van der Waals surface area contributed by atoms with E-state index in [1.165, 1.54) is 4.98 Å². The van der Waals surface area contributed by atoms with Crippen molar-refractivity contribution in [3.05, 3.63) is 29.6 Å². The van der Waals surface area contributed by atoms with Gasteiger partial charge in [0.1, 0.15) is 0 Å². The van der Waals surface area contributed by atoms with Gasteiger partial charge in [-0.1, -0.05) is 0 Å². The molecule has 0 aromatic carbocycles. The lowest BCUT2D eigenvalue weighted by Gasteiger charge is -2.42. The van der Waals surface area contributed by atoms with Gasteiger partial charge in [-0.05, 0) is 6.07 Å². The number of alkyl halides is 37. The Balaban J connectivity index is 0.00000510. The van der Waals surface area contributed by atoms with Gasteiger partial charge in [-0.25, -0.2) is 13.4 Å². The molecule has 1 heterocycles. The van der Waals surface area contributed by atoms with Gasteiger partial charge in [0.15, 0.2) is 21.5 Å². The molecule has 42 heteroatoms. The first-order chi connectivity index (χ1) is 28.9. The van der Waals surface area contributed by atoms with Gasteiger partial charge in [0.2, 0.25) is 0 Å². The predicted octanol–water partition coefficient (Wildman–Crippen LogP) is 12.4. The molecule has 4 nitrogen and oxygen atoms in total. The number of aromatic amines is 1. The molecule has 0 aliphatic carbocycles. The molecule has 0 aliphatic heterocycles. The topological polar surface area (TPSA) is 71.3 Å². The van der Waals surface area contributed by atoms with Crippen LogP contribution in [0, 0.1) is 0 Å². The molecule has 0 radical (unpaired) electrons. The van der Waals surface area contributed by atoms with E-state index in [1.807, 2.05) is 0 Å². The Bertz CT molecular complexity index is 1890. The standard InChI is InChI=1S/C25H11F34N.CHF3O3S/c26-10(27,12(30,31)14(34,35)16(38,39)18(42,43)20(46,47)22(50,51)24(54,55)56)6-4-8-2-1-3-9(60-8)5-7-11(28,29)13(32,33)15(36,37)17(40,41)19(44,45)21(48,49)23(52,53)25(57,58)59;2-1(3,4)8(5,6)7/h1-3H,4-7H2;(H,5,6,7). The van der Waals surface area contributed by atoms with Gasteiger partial charge >= 0.3 is 101 Å². The number of hydrogen-bond acceptors (Lipinski definition) is 3. The summed E-state index contributed by atoms with van der Waals surface area (Å²) in [5.41, 5.74) is -8.48. The van der Waals surface area contributed by atoms with Crippen LogP contribution in [-0.4, -0.2) is 114 Å². The molecule has 0 saturated carbocycles. The second-order valence-corrected chi connectivity index (χ2v) is 14.3. The van der Waals surface area contributed by atoms with Crippen LogP contribution in [0.3, 0.4) is 0 Å². The number of hydrogen-bond donors (Lipinski definition) is 0. The lowest BCUT2D eigenvalue weighted by Crippen LogP contribution is -2.74. The summed E-state index contributed by atoms with van der Waals surface area (Å²) in [6.07, 6.45) is -27.0. The molecule has 1 rings (SSSR count). The summed E-state index contributed by atoms with van der Waals surface area (Å²) >= 11 is 0. The smallest absolute Gasteiger partial charge is 0.485 e. The number of nitrogens with one attached hydrogen (secondary N) is 1. The van der Waals surface area contributed by atoms with Crippen LogP contribution in [0.25, 0.3) is 0 Å².